The van der Waals surface area contributed by atoms with E-state index < -0.39 is 0 Å². The van der Waals surface area contributed by atoms with Crippen LogP contribution in [-0.2, 0) is 20.1 Å². The fourth-order valence-electron chi connectivity index (χ4n) is 1.66. The fraction of sp³-hybridized carbons (Fsp3) is 0.308. The van der Waals surface area contributed by atoms with E-state index in [1.165, 1.54) is 16.7 Å². The van der Waals surface area contributed by atoms with Crippen molar-refractivity contribution >= 4 is 15.9 Å². The van der Waals surface area contributed by atoms with E-state index in [0.717, 1.165) is 17.6 Å². The summed E-state index contributed by atoms with van der Waals surface area (Å²) in [6.07, 6.45) is 3.91. The average molecular weight is 294 g/mol. The van der Waals surface area contributed by atoms with Gasteiger partial charge in [-0.05, 0) is 24.1 Å². The van der Waals surface area contributed by atoms with Crippen LogP contribution in [0, 0.1) is 6.92 Å². The van der Waals surface area contributed by atoms with E-state index >= 15 is 0 Å². The van der Waals surface area contributed by atoms with Crippen LogP contribution in [0.2, 0.25) is 0 Å². The summed E-state index contributed by atoms with van der Waals surface area (Å²) in [4.78, 5) is 0. The number of rotatable bonds is 4. The Kier molecular flexibility index (Phi) is 3.97. The number of nitrogens with zero attached hydrogens (tertiary/aromatic N) is 2. The summed E-state index contributed by atoms with van der Waals surface area (Å²) in [6.45, 7) is 3.81. The second-order valence-electron chi connectivity index (χ2n) is 4.21. The number of hydrogen-bond acceptors (Lipinski definition) is 2. The van der Waals surface area contributed by atoms with Crippen molar-refractivity contribution in [3.63, 3.8) is 0 Å². The van der Waals surface area contributed by atoms with Crippen molar-refractivity contribution < 1.29 is 0 Å². The van der Waals surface area contributed by atoms with Gasteiger partial charge in [0.25, 0.3) is 0 Å². The first-order valence-corrected chi connectivity index (χ1v) is 6.38. The monoisotopic (exact) mass is 293 g/mol. The van der Waals surface area contributed by atoms with E-state index in [9.17, 15) is 0 Å². The molecule has 0 amide bonds. The summed E-state index contributed by atoms with van der Waals surface area (Å²) in [5.74, 6) is 0. The number of benzene rings is 1. The lowest BCUT2D eigenvalue weighted by Gasteiger charge is -2.05. The predicted octanol–water partition coefficient (Wildman–Crippen LogP) is 2.78. The minimum absolute atomic E-state index is 0.847. The van der Waals surface area contributed by atoms with Crippen LogP contribution < -0.4 is 5.32 Å². The van der Waals surface area contributed by atoms with Crippen LogP contribution in [-0.4, -0.2) is 9.78 Å². The molecule has 2 rings (SSSR count). The molecule has 3 nitrogen and oxygen atoms in total. The molecular formula is C13H16BrN3. The van der Waals surface area contributed by atoms with Gasteiger partial charge in [-0.25, -0.2) is 0 Å². The Balaban J connectivity index is 1.87. The van der Waals surface area contributed by atoms with Gasteiger partial charge in [-0.2, -0.15) is 5.10 Å². The smallest absolute Gasteiger partial charge is 0.0534 e. The van der Waals surface area contributed by atoms with Crippen LogP contribution in [0.3, 0.4) is 0 Å². The molecule has 0 saturated carbocycles. The maximum atomic E-state index is 4.14. The highest BCUT2D eigenvalue weighted by atomic mass is 79.9. The second-order valence-corrected chi connectivity index (χ2v) is 5.06. The van der Waals surface area contributed by atoms with Gasteiger partial charge in [0.15, 0.2) is 0 Å². The maximum Gasteiger partial charge on any atom is 0.0534 e. The lowest BCUT2D eigenvalue weighted by atomic mass is 10.1. The Morgan fingerprint density at radius 3 is 2.71 bits per heavy atom. The standard InChI is InChI=1S/C13H16BrN3/c1-10-3-4-11(5-13(10)14)6-15-7-12-8-16-17(2)9-12/h3-5,8-9,15H,6-7H2,1-2H3. The first kappa shape index (κ1) is 12.3. The zero-order chi connectivity index (χ0) is 12.3. The van der Waals surface area contributed by atoms with Gasteiger partial charge in [0.05, 0.1) is 6.20 Å². The van der Waals surface area contributed by atoms with E-state index in [1.807, 2.05) is 24.1 Å². The number of hydrogen-bond donors (Lipinski definition) is 1. The number of nitrogens with one attached hydrogen (secondary N) is 1. The summed E-state index contributed by atoms with van der Waals surface area (Å²) in [5.41, 5.74) is 3.76. The first-order chi connectivity index (χ1) is 8.15. The van der Waals surface area contributed by atoms with Crippen molar-refractivity contribution in [3.8, 4) is 0 Å². The van der Waals surface area contributed by atoms with Crippen LogP contribution in [0.25, 0.3) is 0 Å². The van der Waals surface area contributed by atoms with Crippen LogP contribution in [0.4, 0.5) is 0 Å². The minimum Gasteiger partial charge on any atom is -0.309 e. The molecule has 0 aliphatic heterocycles. The normalized spacial score (nSPS) is 10.8. The number of aromatic nitrogens is 2. The predicted molar refractivity (Wildman–Crippen MR) is 72.6 cm³/mol. The molecule has 1 N–H and O–H groups in total. The van der Waals surface area contributed by atoms with Crippen LogP contribution in [0.15, 0.2) is 35.1 Å². The summed E-state index contributed by atoms with van der Waals surface area (Å²) in [6, 6.07) is 6.44. The molecule has 0 radical (unpaired) electrons. The first-order valence-electron chi connectivity index (χ1n) is 5.58. The Morgan fingerprint density at radius 1 is 1.29 bits per heavy atom. The van der Waals surface area contributed by atoms with E-state index in [1.54, 1.807) is 0 Å². The minimum atomic E-state index is 0.847. The van der Waals surface area contributed by atoms with Gasteiger partial charge < -0.3 is 5.32 Å². The third kappa shape index (κ3) is 3.41. The van der Waals surface area contributed by atoms with E-state index in [2.05, 4.69) is 51.5 Å². The largest absolute Gasteiger partial charge is 0.309 e. The highest BCUT2D eigenvalue weighted by molar-refractivity contribution is 9.10. The van der Waals surface area contributed by atoms with E-state index in [-0.39, 0.29) is 0 Å². The van der Waals surface area contributed by atoms with Gasteiger partial charge in [0.1, 0.15) is 0 Å². The Morgan fingerprint density at radius 2 is 2.06 bits per heavy atom. The van der Waals surface area contributed by atoms with Crippen LogP contribution in [0.1, 0.15) is 16.7 Å². The Bertz CT molecular complexity index is 505. The molecule has 1 heterocycles. The number of aryl methyl sites for hydroxylation is 2. The molecule has 0 unspecified atom stereocenters. The topological polar surface area (TPSA) is 29.9 Å². The van der Waals surface area contributed by atoms with Crippen molar-refractivity contribution in [2.24, 2.45) is 7.05 Å². The molecule has 0 bridgehead atoms. The van der Waals surface area contributed by atoms with Crippen LogP contribution >= 0.6 is 15.9 Å². The molecule has 1 aromatic heterocycles. The van der Waals surface area contributed by atoms with Crippen LogP contribution in [0.5, 0.6) is 0 Å². The third-order valence-corrected chi connectivity index (χ3v) is 3.51. The quantitative estimate of drug-likeness (QED) is 0.939. The fourth-order valence-corrected chi connectivity index (χ4v) is 2.09. The van der Waals surface area contributed by atoms with Crippen molar-refractivity contribution in [2.45, 2.75) is 20.0 Å². The summed E-state index contributed by atoms with van der Waals surface area (Å²) < 4.78 is 2.98. The van der Waals surface area contributed by atoms with Gasteiger partial charge in [-0.3, -0.25) is 4.68 Å². The maximum absolute atomic E-state index is 4.14. The molecule has 0 atom stereocenters. The lowest BCUT2D eigenvalue weighted by molar-refractivity contribution is 0.691. The zero-order valence-electron chi connectivity index (χ0n) is 10.1. The van der Waals surface area contributed by atoms with Crippen molar-refractivity contribution in [2.75, 3.05) is 0 Å². The molecule has 0 saturated heterocycles. The molecule has 90 valence electrons. The molecule has 1 aromatic carbocycles. The summed E-state index contributed by atoms with van der Waals surface area (Å²) in [5, 5.41) is 7.54. The lowest BCUT2D eigenvalue weighted by Crippen LogP contribution is -2.12. The second kappa shape index (κ2) is 5.47. The van der Waals surface area contributed by atoms with Gasteiger partial charge >= 0.3 is 0 Å². The van der Waals surface area contributed by atoms with Crippen molar-refractivity contribution in [1.29, 1.82) is 0 Å². The third-order valence-electron chi connectivity index (χ3n) is 2.65. The summed E-state index contributed by atoms with van der Waals surface area (Å²) in [7, 11) is 1.93. The molecule has 0 aliphatic rings. The molecule has 17 heavy (non-hydrogen) atoms. The Hall–Kier alpha value is -1.13. The Labute approximate surface area is 110 Å². The zero-order valence-corrected chi connectivity index (χ0v) is 11.7. The average Bonchev–Trinajstić information content (AvgIpc) is 2.70. The summed E-state index contributed by atoms with van der Waals surface area (Å²) >= 11 is 3.55. The van der Waals surface area contributed by atoms with Gasteiger partial charge in [-0.15, -0.1) is 0 Å². The SMILES string of the molecule is Cc1ccc(CNCc2cnn(C)c2)cc1Br. The molecule has 2 aromatic rings. The number of halogens is 1. The molecule has 0 spiro atoms. The van der Waals surface area contributed by atoms with Crippen molar-refractivity contribution in [3.05, 3.63) is 51.8 Å². The highest BCUT2D eigenvalue weighted by Gasteiger charge is 1.99. The molecule has 0 aliphatic carbocycles. The molecule has 4 heteroatoms. The van der Waals surface area contributed by atoms with Crippen molar-refractivity contribution in [1.82, 2.24) is 15.1 Å². The van der Waals surface area contributed by atoms with E-state index in [0.29, 0.717) is 0 Å². The van der Waals surface area contributed by atoms with Gasteiger partial charge in [-0.1, -0.05) is 28.1 Å². The molecular weight excluding hydrogens is 278 g/mol. The highest BCUT2D eigenvalue weighted by Crippen LogP contribution is 2.17. The molecule has 0 fully saturated rings. The van der Waals surface area contributed by atoms with Gasteiger partial charge in [0, 0.05) is 36.4 Å². The van der Waals surface area contributed by atoms with E-state index in [4.69, 9.17) is 0 Å². The van der Waals surface area contributed by atoms with Gasteiger partial charge in [0.2, 0.25) is 0 Å².